The van der Waals surface area contributed by atoms with Crippen molar-refractivity contribution in [2.75, 3.05) is 7.11 Å². The van der Waals surface area contributed by atoms with Gasteiger partial charge in [0, 0.05) is 17.5 Å². The minimum absolute atomic E-state index is 0.200. The fourth-order valence-electron chi connectivity index (χ4n) is 2.61. The van der Waals surface area contributed by atoms with Gasteiger partial charge in [0.2, 0.25) is 0 Å². The van der Waals surface area contributed by atoms with E-state index in [1.165, 1.54) is 0 Å². The lowest BCUT2D eigenvalue weighted by molar-refractivity contribution is 0.0924. The zero-order valence-electron chi connectivity index (χ0n) is 13.5. The SMILES string of the molecule is COc1ccc(CNC(=O)c2oc3c(C)cccc3c2C)cc1. The van der Waals surface area contributed by atoms with Crippen molar-refractivity contribution < 1.29 is 13.9 Å². The maximum Gasteiger partial charge on any atom is 0.287 e. The Bertz CT molecular complexity index is 847. The number of nitrogens with one attached hydrogen (secondary N) is 1. The molecule has 0 radical (unpaired) electrons. The van der Waals surface area contributed by atoms with Gasteiger partial charge >= 0.3 is 0 Å². The molecular formula is C19H19NO3. The van der Waals surface area contributed by atoms with Gasteiger partial charge in [-0.2, -0.15) is 0 Å². The minimum Gasteiger partial charge on any atom is -0.497 e. The Morgan fingerprint density at radius 1 is 1.13 bits per heavy atom. The number of carbonyl (C=O) groups is 1. The number of methoxy groups -OCH3 is 1. The number of amides is 1. The highest BCUT2D eigenvalue weighted by Gasteiger charge is 2.18. The molecule has 0 unspecified atom stereocenters. The lowest BCUT2D eigenvalue weighted by Crippen LogP contribution is -2.22. The van der Waals surface area contributed by atoms with E-state index in [9.17, 15) is 4.79 Å². The van der Waals surface area contributed by atoms with Gasteiger partial charge in [0.25, 0.3) is 5.91 Å². The van der Waals surface area contributed by atoms with Crippen molar-refractivity contribution in [3.8, 4) is 5.75 Å². The Hall–Kier alpha value is -2.75. The van der Waals surface area contributed by atoms with Gasteiger partial charge in [-0.15, -0.1) is 0 Å². The lowest BCUT2D eigenvalue weighted by Gasteiger charge is -2.05. The second-order valence-corrected chi connectivity index (χ2v) is 5.54. The number of benzene rings is 2. The summed E-state index contributed by atoms with van der Waals surface area (Å²) in [5, 5.41) is 3.89. The molecule has 23 heavy (non-hydrogen) atoms. The second kappa shape index (κ2) is 6.16. The molecule has 1 heterocycles. The van der Waals surface area contributed by atoms with Crippen LogP contribution in [0, 0.1) is 13.8 Å². The smallest absolute Gasteiger partial charge is 0.287 e. The average Bonchev–Trinajstić information content (AvgIpc) is 2.92. The van der Waals surface area contributed by atoms with E-state index in [0.717, 1.165) is 33.4 Å². The third-order valence-electron chi connectivity index (χ3n) is 3.98. The first kappa shape index (κ1) is 15.2. The van der Waals surface area contributed by atoms with E-state index in [1.54, 1.807) is 7.11 Å². The first-order valence-corrected chi connectivity index (χ1v) is 7.50. The third-order valence-corrected chi connectivity index (χ3v) is 3.98. The predicted molar refractivity (Wildman–Crippen MR) is 89.9 cm³/mol. The minimum atomic E-state index is -0.200. The van der Waals surface area contributed by atoms with Gasteiger partial charge in [-0.25, -0.2) is 0 Å². The summed E-state index contributed by atoms with van der Waals surface area (Å²) >= 11 is 0. The zero-order chi connectivity index (χ0) is 16.4. The van der Waals surface area contributed by atoms with Crippen LogP contribution in [-0.2, 0) is 6.54 Å². The molecule has 1 aromatic heterocycles. The Morgan fingerprint density at radius 2 is 1.87 bits per heavy atom. The maximum absolute atomic E-state index is 12.4. The molecular weight excluding hydrogens is 290 g/mol. The summed E-state index contributed by atoms with van der Waals surface area (Å²) in [5.74, 6) is 0.973. The highest BCUT2D eigenvalue weighted by Crippen LogP contribution is 2.27. The van der Waals surface area contributed by atoms with Crippen molar-refractivity contribution in [2.24, 2.45) is 0 Å². The number of ether oxygens (including phenoxy) is 1. The van der Waals surface area contributed by atoms with Crippen LogP contribution in [0.25, 0.3) is 11.0 Å². The topological polar surface area (TPSA) is 51.5 Å². The molecule has 0 atom stereocenters. The van der Waals surface area contributed by atoms with Crippen molar-refractivity contribution in [1.29, 1.82) is 0 Å². The first-order valence-electron chi connectivity index (χ1n) is 7.50. The van der Waals surface area contributed by atoms with Crippen LogP contribution >= 0.6 is 0 Å². The predicted octanol–water partition coefficient (Wildman–Crippen LogP) is 3.99. The standard InChI is InChI=1S/C19H19NO3/c1-12-5-4-6-16-13(2)18(23-17(12)16)19(21)20-11-14-7-9-15(22-3)10-8-14/h4-10H,11H2,1-3H3,(H,20,21). The van der Waals surface area contributed by atoms with Crippen LogP contribution in [0.5, 0.6) is 5.75 Å². The number of para-hydroxylation sites is 1. The van der Waals surface area contributed by atoms with E-state index >= 15 is 0 Å². The highest BCUT2D eigenvalue weighted by atomic mass is 16.5. The largest absolute Gasteiger partial charge is 0.497 e. The molecule has 2 aromatic carbocycles. The van der Waals surface area contributed by atoms with Crippen LogP contribution in [0.15, 0.2) is 46.9 Å². The summed E-state index contributed by atoms with van der Waals surface area (Å²) in [5.41, 5.74) is 3.68. The first-order chi connectivity index (χ1) is 11.1. The zero-order valence-corrected chi connectivity index (χ0v) is 13.5. The van der Waals surface area contributed by atoms with Crippen molar-refractivity contribution >= 4 is 16.9 Å². The van der Waals surface area contributed by atoms with Gasteiger partial charge in [0.1, 0.15) is 11.3 Å². The molecule has 1 N–H and O–H groups in total. The fourth-order valence-corrected chi connectivity index (χ4v) is 2.61. The van der Waals surface area contributed by atoms with E-state index in [2.05, 4.69) is 5.32 Å². The fraction of sp³-hybridized carbons (Fsp3) is 0.211. The number of furan rings is 1. The summed E-state index contributed by atoms with van der Waals surface area (Å²) in [4.78, 5) is 12.4. The van der Waals surface area contributed by atoms with Crippen LogP contribution in [-0.4, -0.2) is 13.0 Å². The van der Waals surface area contributed by atoms with Crippen molar-refractivity contribution in [1.82, 2.24) is 5.32 Å². The maximum atomic E-state index is 12.4. The Morgan fingerprint density at radius 3 is 2.52 bits per heavy atom. The summed E-state index contributed by atoms with van der Waals surface area (Å²) in [6.07, 6.45) is 0. The van der Waals surface area contributed by atoms with Gasteiger partial charge in [-0.05, 0) is 37.1 Å². The summed E-state index contributed by atoms with van der Waals surface area (Å²) in [6.45, 7) is 4.33. The number of carbonyl (C=O) groups excluding carboxylic acids is 1. The highest BCUT2D eigenvalue weighted by molar-refractivity contribution is 5.99. The molecule has 0 fully saturated rings. The monoisotopic (exact) mass is 309 g/mol. The van der Waals surface area contributed by atoms with Gasteiger partial charge in [0.05, 0.1) is 7.11 Å². The average molecular weight is 309 g/mol. The van der Waals surface area contributed by atoms with E-state index in [4.69, 9.17) is 9.15 Å². The normalized spacial score (nSPS) is 10.7. The molecule has 118 valence electrons. The van der Waals surface area contributed by atoms with E-state index in [0.29, 0.717) is 12.3 Å². The van der Waals surface area contributed by atoms with E-state index in [-0.39, 0.29) is 5.91 Å². The molecule has 4 heteroatoms. The van der Waals surface area contributed by atoms with Crippen LogP contribution < -0.4 is 10.1 Å². The molecule has 0 saturated heterocycles. The molecule has 0 saturated carbocycles. The molecule has 1 amide bonds. The van der Waals surface area contributed by atoms with Crippen molar-refractivity contribution in [3.63, 3.8) is 0 Å². The number of fused-ring (bicyclic) bond motifs is 1. The lowest BCUT2D eigenvalue weighted by atomic mass is 10.1. The quantitative estimate of drug-likeness (QED) is 0.793. The van der Waals surface area contributed by atoms with E-state index in [1.807, 2.05) is 56.3 Å². The van der Waals surface area contributed by atoms with Crippen LogP contribution in [0.1, 0.15) is 27.2 Å². The molecule has 0 aliphatic heterocycles. The molecule has 3 rings (SSSR count). The van der Waals surface area contributed by atoms with Gasteiger partial charge < -0.3 is 14.5 Å². The molecule has 0 aliphatic carbocycles. The molecule has 4 nitrogen and oxygen atoms in total. The Labute approximate surface area is 135 Å². The number of hydrogen-bond donors (Lipinski definition) is 1. The number of aryl methyl sites for hydroxylation is 2. The molecule has 0 bridgehead atoms. The van der Waals surface area contributed by atoms with Gasteiger partial charge in [-0.3, -0.25) is 4.79 Å². The number of hydrogen-bond acceptors (Lipinski definition) is 3. The molecule has 0 spiro atoms. The van der Waals surface area contributed by atoms with Crippen LogP contribution in [0.2, 0.25) is 0 Å². The number of rotatable bonds is 4. The van der Waals surface area contributed by atoms with Crippen LogP contribution in [0.4, 0.5) is 0 Å². The third kappa shape index (κ3) is 2.93. The van der Waals surface area contributed by atoms with Gasteiger partial charge in [0.15, 0.2) is 5.76 Å². The Kier molecular flexibility index (Phi) is 4.06. The molecule has 3 aromatic rings. The summed E-state index contributed by atoms with van der Waals surface area (Å²) in [6, 6.07) is 13.5. The van der Waals surface area contributed by atoms with E-state index < -0.39 is 0 Å². The summed E-state index contributed by atoms with van der Waals surface area (Å²) in [7, 11) is 1.63. The van der Waals surface area contributed by atoms with Crippen molar-refractivity contribution in [3.05, 3.63) is 64.9 Å². The summed E-state index contributed by atoms with van der Waals surface area (Å²) < 4.78 is 10.9. The van der Waals surface area contributed by atoms with Gasteiger partial charge in [-0.1, -0.05) is 30.3 Å². The van der Waals surface area contributed by atoms with Crippen molar-refractivity contribution in [2.45, 2.75) is 20.4 Å². The Balaban J connectivity index is 1.78. The molecule has 0 aliphatic rings. The van der Waals surface area contributed by atoms with Crippen LogP contribution in [0.3, 0.4) is 0 Å². The second-order valence-electron chi connectivity index (χ2n) is 5.54.